The first-order valence-electron chi connectivity index (χ1n) is 2.03. The maximum absolute atomic E-state index is 8.30. The van der Waals surface area contributed by atoms with Crippen molar-refractivity contribution in [2.24, 2.45) is 0 Å². The summed E-state index contributed by atoms with van der Waals surface area (Å²) in [6.45, 7) is 1.19. The molecule has 0 rings (SSSR count). The quantitative estimate of drug-likeness (QED) is 0.508. The molecule has 0 aliphatic heterocycles. The van der Waals surface area contributed by atoms with Crippen molar-refractivity contribution in [1.29, 1.82) is 0 Å². The fourth-order valence-electron chi connectivity index (χ4n) is 0.0500. The molecule has 44 valence electrons. The van der Waals surface area contributed by atoms with Crippen molar-refractivity contribution in [2.45, 2.75) is 11.8 Å². The molecule has 0 atom stereocenters. The number of aliphatic hydroxyl groups is 2. The van der Waals surface area contributed by atoms with Gasteiger partial charge in [0.2, 0.25) is 0 Å². The van der Waals surface area contributed by atoms with E-state index < -0.39 is 4.87 Å². The van der Waals surface area contributed by atoms with Crippen molar-refractivity contribution >= 4 is 11.6 Å². The molecule has 0 aromatic rings. The zero-order chi connectivity index (χ0) is 5.91. The van der Waals surface area contributed by atoms with E-state index in [1.54, 1.807) is 6.92 Å². The number of halogens is 1. The molecular formula is C4H9ClO2. The molecule has 0 unspecified atom stereocenters. The van der Waals surface area contributed by atoms with E-state index in [0.717, 1.165) is 0 Å². The Kier molecular flexibility index (Phi) is 2.58. The van der Waals surface area contributed by atoms with Crippen LogP contribution in [0.2, 0.25) is 0 Å². The molecule has 0 aliphatic carbocycles. The molecule has 2 nitrogen and oxygen atoms in total. The van der Waals surface area contributed by atoms with Crippen LogP contribution in [0.5, 0.6) is 0 Å². The van der Waals surface area contributed by atoms with Gasteiger partial charge in [-0.25, -0.2) is 0 Å². The number of hydrogen-bond acceptors (Lipinski definition) is 2. The molecule has 0 saturated carbocycles. The van der Waals surface area contributed by atoms with Crippen molar-refractivity contribution < 1.29 is 10.2 Å². The van der Waals surface area contributed by atoms with Crippen LogP contribution >= 0.6 is 11.6 Å². The van der Waals surface area contributed by atoms with Crippen LogP contribution in [-0.4, -0.2) is 28.3 Å². The van der Waals surface area contributed by atoms with Crippen molar-refractivity contribution in [3.05, 3.63) is 0 Å². The zero-order valence-electron chi connectivity index (χ0n) is 4.19. The van der Waals surface area contributed by atoms with Gasteiger partial charge >= 0.3 is 0 Å². The molecular weight excluding hydrogens is 115 g/mol. The Balaban J connectivity index is 3.36. The van der Waals surface area contributed by atoms with Gasteiger partial charge in [-0.1, -0.05) is 0 Å². The summed E-state index contributed by atoms with van der Waals surface area (Å²) in [5.41, 5.74) is 0. The second kappa shape index (κ2) is 2.50. The highest BCUT2D eigenvalue weighted by Gasteiger charge is 2.16. The van der Waals surface area contributed by atoms with Crippen molar-refractivity contribution in [1.82, 2.24) is 0 Å². The third-order valence-electron chi connectivity index (χ3n) is 0.659. The smallest absolute Gasteiger partial charge is 0.0878 e. The summed E-state index contributed by atoms with van der Waals surface area (Å²) in [7, 11) is 0. The van der Waals surface area contributed by atoms with Gasteiger partial charge in [0.1, 0.15) is 0 Å². The van der Waals surface area contributed by atoms with E-state index in [4.69, 9.17) is 21.8 Å². The monoisotopic (exact) mass is 124 g/mol. The van der Waals surface area contributed by atoms with Gasteiger partial charge in [-0.05, 0) is 6.92 Å². The normalized spacial score (nSPS) is 12.0. The van der Waals surface area contributed by atoms with Gasteiger partial charge in [0, 0.05) is 0 Å². The number of alkyl halides is 1. The van der Waals surface area contributed by atoms with Crippen molar-refractivity contribution in [3.63, 3.8) is 0 Å². The van der Waals surface area contributed by atoms with Gasteiger partial charge in [-0.2, -0.15) is 0 Å². The van der Waals surface area contributed by atoms with Crippen LogP contribution < -0.4 is 0 Å². The van der Waals surface area contributed by atoms with E-state index in [2.05, 4.69) is 0 Å². The lowest BCUT2D eigenvalue weighted by atomic mass is 10.2. The lowest BCUT2D eigenvalue weighted by Crippen LogP contribution is -2.26. The molecule has 0 aromatic heterocycles. The van der Waals surface area contributed by atoms with Crippen molar-refractivity contribution in [2.75, 3.05) is 13.2 Å². The van der Waals surface area contributed by atoms with Gasteiger partial charge < -0.3 is 10.2 Å². The maximum Gasteiger partial charge on any atom is 0.0878 e. The minimum atomic E-state index is -0.833. The topological polar surface area (TPSA) is 40.5 Å². The Morgan fingerprint density at radius 2 is 1.71 bits per heavy atom. The van der Waals surface area contributed by atoms with E-state index in [1.165, 1.54) is 0 Å². The lowest BCUT2D eigenvalue weighted by molar-refractivity contribution is 0.179. The van der Waals surface area contributed by atoms with Crippen LogP contribution in [0.4, 0.5) is 0 Å². The highest BCUT2D eigenvalue weighted by molar-refractivity contribution is 6.23. The van der Waals surface area contributed by atoms with Crippen LogP contribution in [0.25, 0.3) is 0 Å². The van der Waals surface area contributed by atoms with Gasteiger partial charge in [-0.15, -0.1) is 11.6 Å². The first-order chi connectivity index (χ1) is 3.12. The Bertz CT molecular complexity index is 47.7. The first-order valence-corrected chi connectivity index (χ1v) is 2.41. The second-order valence-corrected chi connectivity index (χ2v) is 2.64. The van der Waals surface area contributed by atoms with Crippen LogP contribution in [0, 0.1) is 0 Å². The SMILES string of the molecule is CC(Cl)(CO)CO. The van der Waals surface area contributed by atoms with Crippen LogP contribution in [0.3, 0.4) is 0 Å². The lowest BCUT2D eigenvalue weighted by Gasteiger charge is -2.13. The number of rotatable bonds is 2. The molecule has 7 heavy (non-hydrogen) atoms. The minimum Gasteiger partial charge on any atom is -0.394 e. The zero-order valence-corrected chi connectivity index (χ0v) is 4.94. The summed E-state index contributed by atoms with van der Waals surface area (Å²) >= 11 is 5.41. The van der Waals surface area contributed by atoms with E-state index in [0.29, 0.717) is 0 Å². The van der Waals surface area contributed by atoms with Gasteiger partial charge in [0.05, 0.1) is 18.1 Å². The van der Waals surface area contributed by atoms with Crippen molar-refractivity contribution in [3.8, 4) is 0 Å². The predicted octanol–water partition coefficient (Wildman–Crippen LogP) is -0.0315. The van der Waals surface area contributed by atoms with Crippen LogP contribution in [0.15, 0.2) is 0 Å². The Hall–Kier alpha value is 0.210. The van der Waals surface area contributed by atoms with Gasteiger partial charge in [0.15, 0.2) is 0 Å². The molecule has 0 fully saturated rings. The van der Waals surface area contributed by atoms with E-state index in [-0.39, 0.29) is 13.2 Å². The second-order valence-electron chi connectivity index (χ2n) is 1.73. The molecule has 0 aromatic carbocycles. The van der Waals surface area contributed by atoms with Crippen LogP contribution in [-0.2, 0) is 0 Å². The van der Waals surface area contributed by atoms with Gasteiger partial charge in [0.25, 0.3) is 0 Å². The fourth-order valence-corrected chi connectivity index (χ4v) is 0.0500. The van der Waals surface area contributed by atoms with Crippen LogP contribution in [0.1, 0.15) is 6.92 Å². The van der Waals surface area contributed by atoms with E-state index >= 15 is 0 Å². The Morgan fingerprint density at radius 3 is 1.71 bits per heavy atom. The molecule has 2 N–H and O–H groups in total. The number of aliphatic hydroxyl groups excluding tert-OH is 2. The molecule has 0 spiro atoms. The summed E-state index contributed by atoms with van der Waals surface area (Å²) in [6.07, 6.45) is 0. The molecule has 0 amide bonds. The summed E-state index contributed by atoms with van der Waals surface area (Å²) in [5.74, 6) is 0. The third-order valence-corrected chi connectivity index (χ3v) is 0.898. The minimum absolute atomic E-state index is 0.189. The summed E-state index contributed by atoms with van der Waals surface area (Å²) in [6, 6.07) is 0. The Morgan fingerprint density at radius 1 is 1.43 bits per heavy atom. The third kappa shape index (κ3) is 2.85. The average molecular weight is 125 g/mol. The molecule has 3 heteroatoms. The maximum atomic E-state index is 8.30. The summed E-state index contributed by atoms with van der Waals surface area (Å²) in [5, 5.41) is 16.6. The molecule has 0 heterocycles. The highest BCUT2D eigenvalue weighted by atomic mass is 35.5. The van der Waals surface area contributed by atoms with E-state index in [9.17, 15) is 0 Å². The first kappa shape index (κ1) is 7.21. The predicted molar refractivity (Wildman–Crippen MR) is 28.4 cm³/mol. The molecule has 0 bridgehead atoms. The fraction of sp³-hybridized carbons (Fsp3) is 1.00. The summed E-state index contributed by atoms with van der Waals surface area (Å²) < 4.78 is 0. The standard InChI is InChI=1S/C4H9ClO2/c1-4(5,2-6)3-7/h6-7H,2-3H2,1H3. The van der Waals surface area contributed by atoms with Gasteiger partial charge in [-0.3, -0.25) is 0 Å². The molecule has 0 saturated heterocycles. The van der Waals surface area contributed by atoms with E-state index in [1.807, 2.05) is 0 Å². The Labute approximate surface area is 47.7 Å². The molecule has 0 radical (unpaired) electrons. The largest absolute Gasteiger partial charge is 0.394 e. The number of hydrogen-bond donors (Lipinski definition) is 2. The highest BCUT2D eigenvalue weighted by Crippen LogP contribution is 2.09. The molecule has 0 aliphatic rings. The summed E-state index contributed by atoms with van der Waals surface area (Å²) in [4.78, 5) is -0.833. The average Bonchev–Trinajstić information content (AvgIpc) is 1.68.